The molecule has 0 bridgehead atoms. The number of aliphatic hydroxyl groups is 1. The molecule has 2 heterocycles. The molecule has 0 saturated carbocycles. The number of halogens is 1. The minimum atomic E-state index is -4.63. The first kappa shape index (κ1) is 120. The molecule has 2 fully saturated rings. The summed E-state index contributed by atoms with van der Waals surface area (Å²) >= 11 is 5.08. The maximum absolute atomic E-state index is 12.4. The molecule has 1 N–H and O–H groups in total. The van der Waals surface area contributed by atoms with Crippen molar-refractivity contribution in [2.45, 2.75) is 235 Å². The van der Waals surface area contributed by atoms with Crippen LogP contribution in [0.2, 0.25) is 149 Å². The molecule has 44 heteroatoms. The summed E-state index contributed by atoms with van der Waals surface area (Å²) in [5, 5.41) is 24.4. The highest BCUT2D eigenvalue weighted by Crippen LogP contribution is 2.56. The highest BCUT2D eigenvalue weighted by atomic mass is 35.7. The number of aliphatic hydroxyl groups excluding tert-OH is 1. The van der Waals surface area contributed by atoms with Gasteiger partial charge in [0.15, 0.2) is 41.6 Å². The molecule has 0 aromatic carbocycles. The Bertz CT molecular complexity index is 2880. The molecule has 0 aliphatic carbocycles. The number of nitrogens with zero attached hydrogens (tertiary/aromatic N) is 4. The standard InChI is InChI=1S/C22H50NO9PSi3.C19H41O9PSi3.C17H37O6Si3.C5H13N.C2H4ClO3P.2C2H3N/c1-20(2)22(24)28-19-21(30-33(25,26)29-16-14-23(3,4)5)18-27-15-13-17-36(12,31-34(6,7)8)32-35(9,10)11;1-17(2)19(20)23-16-18(26-29(21)24-12-13-25-29)15-22-11-10-14-32(9,27-30(3,4)5)28-31(6,7)8;1-15(2)17(19)21-14-16(18)13-20-11-10-12-26(9,22-24(3,4)5)23-25(6,7)8;1-4-5-6(2)3;3-7(4)5-1-2-6-7;2*1-2-3/h21H,1,13-19H2,2-12H3;18H,1,10-16H2,2-9H3;16,18H,1,3,10-14H2,2,4-9H3;4-5H2,1-3H3;1-2H2;2*1H3/q;;+1;;;;. The van der Waals surface area contributed by atoms with Crippen LogP contribution in [0.1, 0.15) is 67.2 Å². The fourth-order valence-electron chi connectivity index (χ4n) is 9.47. The summed E-state index contributed by atoms with van der Waals surface area (Å²) in [4.78, 5) is 49.3. The Kier molecular flexibility index (Phi) is 62.3. The maximum Gasteiger partial charge on any atom is 0.475 e. The Hall–Kier alpha value is -1.39. The lowest BCUT2D eigenvalue weighted by Crippen LogP contribution is -2.52. The average Bonchev–Trinajstić information content (AvgIpc) is 1.12. The van der Waals surface area contributed by atoms with Crippen LogP contribution in [0.5, 0.6) is 0 Å². The number of phosphoric acid groups is 2. The molecular formula is C69H151ClN4O27P3Si9+. The summed E-state index contributed by atoms with van der Waals surface area (Å²) in [6.07, 6.45) is 0.806. The van der Waals surface area contributed by atoms with E-state index in [-0.39, 0.29) is 70.6 Å². The lowest BCUT2D eigenvalue weighted by atomic mass is 10.3. The summed E-state index contributed by atoms with van der Waals surface area (Å²) in [7, 11) is -16.1. The van der Waals surface area contributed by atoms with E-state index in [0.29, 0.717) is 56.1 Å². The van der Waals surface area contributed by atoms with Gasteiger partial charge in [-0.2, -0.15) is 10.5 Å². The highest BCUT2D eigenvalue weighted by molar-refractivity contribution is 7.81. The van der Waals surface area contributed by atoms with Gasteiger partial charge in [-0.1, -0.05) is 26.7 Å². The number of carbonyl (C=O) groups excluding carboxylic acids is 3. The molecule has 2 aliphatic rings. The van der Waals surface area contributed by atoms with Crippen LogP contribution in [0.15, 0.2) is 36.5 Å². The third-order valence-electron chi connectivity index (χ3n) is 12.4. The third kappa shape index (κ3) is 80.1. The SMILES string of the molecule is C=C(C)C(=O)OCC(COCCC[Si](C)(O[Si](C)(C)C)O[Si](C)(C)C)OP(=O)([O-])OCC[N+](C)(C)C.C=C(C)C(=O)OCC(COCCC[Si](C)(O[Si](C)(C)C)O[Si](C)(C)C)OP1(=O)OCCO1.C=C(C)C(=O)OCC(O)COCCC[Si](C)(O[Si]([CH2+])(C)C)O[Si](C)(C)C.CC#N.CC#N.CCCN(C)C.O=P1(Cl)OCCO1. The van der Waals surface area contributed by atoms with Crippen molar-refractivity contribution in [2.24, 2.45) is 0 Å². The number of quaternary nitrogens is 1. The third-order valence-corrected chi connectivity index (χ3v) is 45.2. The van der Waals surface area contributed by atoms with Crippen LogP contribution in [0, 0.1) is 29.2 Å². The molecule has 666 valence electrons. The van der Waals surface area contributed by atoms with Gasteiger partial charge in [0.1, 0.15) is 51.3 Å². The van der Waals surface area contributed by atoms with Crippen LogP contribution in [0.25, 0.3) is 0 Å². The lowest BCUT2D eigenvalue weighted by molar-refractivity contribution is -0.870. The van der Waals surface area contributed by atoms with Crippen LogP contribution >= 0.6 is 33.8 Å². The summed E-state index contributed by atoms with van der Waals surface area (Å²) < 4.78 is 141. The Morgan fingerprint density at radius 2 is 0.858 bits per heavy atom. The van der Waals surface area contributed by atoms with Gasteiger partial charge in [0, 0.05) is 68.2 Å². The number of phosphoric ester groups is 2. The van der Waals surface area contributed by atoms with E-state index in [1.54, 1.807) is 26.0 Å². The minimum Gasteiger partial charge on any atom is -0.756 e. The zero-order valence-corrected chi connectivity index (χ0v) is 87.3. The molecule has 113 heavy (non-hydrogen) atoms. The van der Waals surface area contributed by atoms with Crippen LogP contribution in [-0.2, 0) is 113 Å². The number of rotatable bonds is 49. The number of hydrogen-bond donors (Lipinski definition) is 1. The quantitative estimate of drug-likeness (QED) is 0.00864. The second-order valence-corrected chi connectivity index (χ2v) is 77.3. The fourth-order valence-corrected chi connectivity index (χ4v) is 49.7. The molecule has 0 radical (unpaired) electrons. The molecular weight excluding hydrogens is 1700 g/mol. The summed E-state index contributed by atoms with van der Waals surface area (Å²) in [5.74, 6) is -1.70. The lowest BCUT2D eigenvalue weighted by Gasteiger charge is -2.38. The Morgan fingerprint density at radius 3 is 1.13 bits per heavy atom. The Labute approximate surface area is 696 Å². The topological polar surface area (TPSA) is 372 Å². The first-order valence-corrected chi connectivity index (χ1v) is 70.9. The molecule has 2 rings (SSSR count). The van der Waals surface area contributed by atoms with Gasteiger partial charge in [0.2, 0.25) is 0 Å². The van der Waals surface area contributed by atoms with Crippen LogP contribution < -0.4 is 4.89 Å². The molecule has 5 unspecified atom stereocenters. The van der Waals surface area contributed by atoms with Gasteiger partial charge < -0.3 is 81.5 Å². The number of hydrogen-bond acceptors (Lipinski definition) is 30. The predicted octanol–water partition coefficient (Wildman–Crippen LogP) is 15.5. The molecule has 2 saturated heterocycles. The fraction of sp³-hybridized carbons (Fsp3) is 0.826. The van der Waals surface area contributed by atoms with Gasteiger partial charge in [-0.05, 0) is 216 Å². The number of esters is 3. The van der Waals surface area contributed by atoms with Gasteiger partial charge in [0.05, 0.1) is 79.5 Å². The monoisotopic (exact) mass is 1850 g/mol. The van der Waals surface area contributed by atoms with Gasteiger partial charge in [-0.3, -0.25) is 27.2 Å². The van der Waals surface area contributed by atoms with Gasteiger partial charge in [-0.25, -0.2) is 23.5 Å². The van der Waals surface area contributed by atoms with Crippen LogP contribution in [0.3, 0.4) is 0 Å². The molecule has 31 nitrogen and oxygen atoms in total. The largest absolute Gasteiger partial charge is 0.756 e. The van der Waals surface area contributed by atoms with E-state index in [1.165, 1.54) is 33.7 Å². The van der Waals surface area contributed by atoms with E-state index in [4.69, 9.17) is 97.5 Å². The van der Waals surface area contributed by atoms with E-state index >= 15 is 0 Å². The summed E-state index contributed by atoms with van der Waals surface area (Å²) in [6, 6.07) is 5.89. The molecule has 2 aliphatic heterocycles. The number of carbonyl (C=O) groups is 3. The van der Waals surface area contributed by atoms with Gasteiger partial charge >= 0.3 is 66.7 Å². The number of nitriles is 2. The number of ether oxygens (including phenoxy) is 6. The van der Waals surface area contributed by atoms with Crippen molar-refractivity contribution in [3.63, 3.8) is 0 Å². The van der Waals surface area contributed by atoms with E-state index in [1.807, 2.05) is 21.1 Å². The molecule has 0 spiro atoms. The summed E-state index contributed by atoms with van der Waals surface area (Å²) in [5.41, 5.74) is 0.772. The van der Waals surface area contributed by atoms with Crippen LogP contribution in [0.4, 0.5) is 0 Å². The Morgan fingerprint density at radius 1 is 0.558 bits per heavy atom. The maximum atomic E-state index is 12.4. The molecule has 0 aromatic heterocycles. The Balaban J connectivity index is -0.000000463. The van der Waals surface area contributed by atoms with Crippen molar-refractivity contribution in [1.82, 2.24) is 4.90 Å². The molecule has 5 atom stereocenters. The number of likely N-dealkylation sites (N-methyl/N-ethyl adjacent to an activating group) is 1. The predicted molar refractivity (Wildman–Crippen MR) is 467 cm³/mol. The first-order valence-electron chi connectivity index (χ1n) is 37.8. The normalized spacial score (nSPS) is 16.2. The zero-order valence-electron chi connectivity index (χ0n) is 74.9. The van der Waals surface area contributed by atoms with Crippen molar-refractivity contribution in [3.8, 4) is 12.1 Å². The van der Waals surface area contributed by atoms with E-state index < -0.39 is 134 Å². The second-order valence-electron chi connectivity index (χ2n) is 33.9. The minimum absolute atomic E-state index is 0.0270. The van der Waals surface area contributed by atoms with Crippen molar-refractivity contribution in [3.05, 3.63) is 43.0 Å². The first-order chi connectivity index (χ1) is 51.0. The average molecular weight is 1850 g/mol. The molecule has 0 amide bonds. The van der Waals surface area contributed by atoms with Crippen molar-refractivity contribution >= 4 is 127 Å². The van der Waals surface area contributed by atoms with Crippen LogP contribution in [-0.4, -0.2) is 267 Å². The zero-order chi connectivity index (χ0) is 89.4. The van der Waals surface area contributed by atoms with E-state index in [9.17, 15) is 38.1 Å². The van der Waals surface area contributed by atoms with Gasteiger partial charge in [-0.15, -0.1) is 0 Å². The van der Waals surface area contributed by atoms with E-state index in [0.717, 1.165) is 31.0 Å². The van der Waals surface area contributed by atoms with Crippen molar-refractivity contribution < 1.29 is 127 Å². The highest BCUT2D eigenvalue weighted by Gasteiger charge is 2.45. The second kappa shape index (κ2) is 58.6. The van der Waals surface area contributed by atoms with E-state index in [2.05, 4.69) is 192 Å². The smallest absolute Gasteiger partial charge is 0.475 e. The van der Waals surface area contributed by atoms with Gasteiger partial charge in [0.25, 0.3) is 7.82 Å². The van der Waals surface area contributed by atoms with Crippen molar-refractivity contribution in [1.29, 1.82) is 10.5 Å². The summed E-state index contributed by atoms with van der Waals surface area (Å²) in [6.45, 7) is 67.8. The van der Waals surface area contributed by atoms with Crippen molar-refractivity contribution in [2.75, 3.05) is 141 Å². The molecule has 0 aromatic rings.